The molecule has 0 bridgehead atoms. The summed E-state index contributed by atoms with van der Waals surface area (Å²) < 4.78 is 0. The molecule has 0 aromatic rings. The first-order chi connectivity index (χ1) is 4.81. The van der Waals surface area contributed by atoms with Crippen molar-refractivity contribution in [2.45, 2.75) is 0 Å². The smallest absolute Gasteiger partial charge is 0.233 e. The molecule has 0 saturated heterocycles. The highest BCUT2D eigenvalue weighted by Crippen LogP contribution is 2.14. The molecule has 0 radical (unpaired) electrons. The molecule has 3 N–H and O–H groups in total. The molecule has 0 aliphatic carbocycles. The fourth-order valence-electron chi connectivity index (χ4n) is 0.388. The Morgan fingerprint density at radius 3 is 2.90 bits per heavy atom. The molecule has 0 aliphatic rings. The molecule has 0 fully saturated rings. The van der Waals surface area contributed by atoms with E-state index in [2.05, 4.69) is 5.32 Å². The molecule has 60 valence electrons. The van der Waals surface area contributed by atoms with E-state index in [4.69, 9.17) is 5.73 Å². The van der Waals surface area contributed by atoms with Gasteiger partial charge in [0.15, 0.2) is 0 Å². The van der Waals surface area contributed by atoms with Crippen LogP contribution in [0, 0.1) is 0 Å². The predicted octanol–water partition coefficient (Wildman–Crippen LogP) is 0.0725. The Balaban J connectivity index is 2.96. The standard InChI is InChI=1S/C5H12N2OS2/c1-9-10-3-2-7-5(8)4-6/h2-4,6H2,1H3,(H,7,8). The van der Waals surface area contributed by atoms with Gasteiger partial charge in [0.05, 0.1) is 6.54 Å². The van der Waals surface area contributed by atoms with E-state index in [-0.39, 0.29) is 12.5 Å². The molecule has 0 spiro atoms. The largest absolute Gasteiger partial charge is 0.354 e. The van der Waals surface area contributed by atoms with Crippen LogP contribution in [0.5, 0.6) is 0 Å². The maximum Gasteiger partial charge on any atom is 0.233 e. The van der Waals surface area contributed by atoms with Gasteiger partial charge in [0, 0.05) is 12.3 Å². The van der Waals surface area contributed by atoms with Crippen molar-refractivity contribution in [3.8, 4) is 0 Å². The topological polar surface area (TPSA) is 55.1 Å². The maximum atomic E-state index is 10.5. The van der Waals surface area contributed by atoms with Gasteiger partial charge in [0.2, 0.25) is 5.91 Å². The van der Waals surface area contributed by atoms with Crippen molar-refractivity contribution < 1.29 is 4.79 Å². The Morgan fingerprint density at radius 2 is 2.40 bits per heavy atom. The van der Waals surface area contributed by atoms with Crippen LogP contribution in [0.1, 0.15) is 0 Å². The lowest BCUT2D eigenvalue weighted by molar-refractivity contribution is -0.119. The van der Waals surface area contributed by atoms with Gasteiger partial charge in [-0.1, -0.05) is 21.6 Å². The van der Waals surface area contributed by atoms with Crippen molar-refractivity contribution in [3.05, 3.63) is 0 Å². The Kier molecular flexibility index (Phi) is 7.33. The van der Waals surface area contributed by atoms with Gasteiger partial charge in [0.1, 0.15) is 0 Å². The van der Waals surface area contributed by atoms with E-state index in [1.54, 1.807) is 21.6 Å². The summed E-state index contributed by atoms with van der Waals surface area (Å²) in [7, 11) is 3.42. The predicted molar refractivity (Wildman–Crippen MR) is 48.0 cm³/mol. The van der Waals surface area contributed by atoms with Gasteiger partial charge in [-0.25, -0.2) is 0 Å². The molecular formula is C5H12N2OS2. The summed E-state index contributed by atoms with van der Waals surface area (Å²) in [6.45, 7) is 0.797. The molecule has 0 atom stereocenters. The van der Waals surface area contributed by atoms with E-state index in [1.807, 2.05) is 6.26 Å². The van der Waals surface area contributed by atoms with Crippen LogP contribution >= 0.6 is 21.6 Å². The highest BCUT2D eigenvalue weighted by atomic mass is 33.1. The Bertz CT molecular complexity index is 99.6. The zero-order valence-corrected chi connectivity index (χ0v) is 7.56. The second-order valence-corrected chi connectivity index (χ2v) is 4.23. The third-order valence-electron chi connectivity index (χ3n) is 0.811. The van der Waals surface area contributed by atoms with Crippen LogP contribution in [0.3, 0.4) is 0 Å². The van der Waals surface area contributed by atoms with Crippen molar-refractivity contribution in [2.75, 3.05) is 25.1 Å². The van der Waals surface area contributed by atoms with Crippen LogP contribution in [0.4, 0.5) is 0 Å². The molecule has 0 aromatic carbocycles. The fraction of sp³-hybridized carbons (Fsp3) is 0.800. The molecule has 1 amide bonds. The summed E-state index contributed by atoms with van der Waals surface area (Å²) in [5, 5.41) is 2.67. The van der Waals surface area contributed by atoms with Crippen molar-refractivity contribution in [2.24, 2.45) is 5.73 Å². The quantitative estimate of drug-likeness (QED) is 0.464. The van der Waals surface area contributed by atoms with E-state index in [0.29, 0.717) is 6.54 Å². The minimum absolute atomic E-state index is 0.0818. The highest BCUT2D eigenvalue weighted by molar-refractivity contribution is 8.76. The molecule has 3 nitrogen and oxygen atoms in total. The molecule has 0 heterocycles. The van der Waals surface area contributed by atoms with Gasteiger partial charge in [-0.3, -0.25) is 4.79 Å². The highest BCUT2D eigenvalue weighted by Gasteiger charge is 1.93. The van der Waals surface area contributed by atoms with Crippen molar-refractivity contribution in [1.82, 2.24) is 5.32 Å². The Morgan fingerprint density at radius 1 is 1.70 bits per heavy atom. The Labute approximate surface area is 68.9 Å². The summed E-state index contributed by atoms with van der Waals surface area (Å²) in [6.07, 6.45) is 2.01. The number of nitrogens with two attached hydrogens (primary N) is 1. The lowest BCUT2D eigenvalue weighted by Gasteiger charge is -2.00. The number of rotatable bonds is 5. The molecule has 0 unspecified atom stereocenters. The zero-order chi connectivity index (χ0) is 7.82. The van der Waals surface area contributed by atoms with Crippen molar-refractivity contribution >= 4 is 27.5 Å². The maximum absolute atomic E-state index is 10.5. The van der Waals surface area contributed by atoms with E-state index in [1.165, 1.54) is 0 Å². The second kappa shape index (κ2) is 7.24. The van der Waals surface area contributed by atoms with E-state index >= 15 is 0 Å². The van der Waals surface area contributed by atoms with Crippen LogP contribution in [-0.2, 0) is 4.79 Å². The minimum atomic E-state index is -0.0818. The average molecular weight is 180 g/mol. The van der Waals surface area contributed by atoms with Crippen LogP contribution in [-0.4, -0.2) is 31.0 Å². The van der Waals surface area contributed by atoms with E-state index < -0.39 is 0 Å². The molecule has 0 saturated carbocycles. The summed E-state index contributed by atoms with van der Waals surface area (Å²) in [6, 6.07) is 0. The Hall–Kier alpha value is 0.130. The van der Waals surface area contributed by atoms with Gasteiger partial charge < -0.3 is 11.1 Å². The first kappa shape index (κ1) is 10.1. The molecule has 10 heavy (non-hydrogen) atoms. The monoisotopic (exact) mass is 180 g/mol. The number of amides is 1. The molecule has 0 aliphatic heterocycles. The molecule has 5 heteroatoms. The minimum Gasteiger partial charge on any atom is -0.354 e. The van der Waals surface area contributed by atoms with Gasteiger partial charge in [-0.05, 0) is 6.26 Å². The zero-order valence-electron chi connectivity index (χ0n) is 5.92. The number of hydrogen-bond donors (Lipinski definition) is 2. The number of nitrogens with one attached hydrogen (secondary N) is 1. The van der Waals surface area contributed by atoms with Crippen molar-refractivity contribution in [3.63, 3.8) is 0 Å². The van der Waals surface area contributed by atoms with Crippen LogP contribution < -0.4 is 11.1 Å². The van der Waals surface area contributed by atoms with Crippen molar-refractivity contribution in [1.29, 1.82) is 0 Å². The van der Waals surface area contributed by atoms with Crippen LogP contribution in [0.25, 0.3) is 0 Å². The summed E-state index contributed by atoms with van der Waals surface area (Å²) in [4.78, 5) is 10.5. The summed E-state index contributed by atoms with van der Waals surface area (Å²) >= 11 is 0. The first-order valence-corrected chi connectivity index (χ1v) is 5.66. The van der Waals surface area contributed by atoms with E-state index in [9.17, 15) is 4.79 Å². The molecule has 0 aromatic heterocycles. The van der Waals surface area contributed by atoms with Gasteiger partial charge in [-0.15, -0.1) is 0 Å². The SMILES string of the molecule is CSSCCNC(=O)CN. The number of hydrogen-bond acceptors (Lipinski definition) is 4. The first-order valence-electron chi connectivity index (χ1n) is 2.93. The second-order valence-electron chi connectivity index (χ2n) is 1.54. The third-order valence-corrected chi connectivity index (χ3v) is 2.62. The number of carbonyl (C=O) groups is 1. The van der Waals surface area contributed by atoms with Crippen LogP contribution in [0.15, 0.2) is 0 Å². The fourth-order valence-corrected chi connectivity index (χ4v) is 1.49. The summed E-state index contributed by atoms with van der Waals surface area (Å²) in [5.41, 5.74) is 5.06. The summed E-state index contributed by atoms with van der Waals surface area (Å²) in [5.74, 6) is 0.856. The van der Waals surface area contributed by atoms with Gasteiger partial charge in [0.25, 0.3) is 0 Å². The molecular weight excluding hydrogens is 168 g/mol. The van der Waals surface area contributed by atoms with Crippen LogP contribution in [0.2, 0.25) is 0 Å². The lowest BCUT2D eigenvalue weighted by atomic mass is 10.6. The van der Waals surface area contributed by atoms with E-state index in [0.717, 1.165) is 5.75 Å². The lowest BCUT2D eigenvalue weighted by Crippen LogP contribution is -2.31. The number of carbonyl (C=O) groups excluding carboxylic acids is 1. The van der Waals surface area contributed by atoms with Gasteiger partial charge in [-0.2, -0.15) is 0 Å². The van der Waals surface area contributed by atoms with Gasteiger partial charge >= 0.3 is 0 Å². The normalized spacial score (nSPS) is 9.40. The third kappa shape index (κ3) is 6.25. The average Bonchev–Trinajstić information content (AvgIpc) is 1.98. The molecule has 0 rings (SSSR count).